The van der Waals surface area contributed by atoms with E-state index in [1.165, 1.54) is 0 Å². The Balaban J connectivity index is 1.56. The predicted octanol–water partition coefficient (Wildman–Crippen LogP) is 2.52. The van der Waals surface area contributed by atoms with Crippen LogP contribution in [0.1, 0.15) is 33.9 Å². The Kier molecular flexibility index (Phi) is 4.68. The maximum atomic E-state index is 13.2. The van der Waals surface area contributed by atoms with E-state index in [1.807, 2.05) is 41.1 Å². The molecule has 0 fully saturated rings. The molecule has 1 aliphatic rings. The summed E-state index contributed by atoms with van der Waals surface area (Å²) in [4.78, 5) is 25.7. The van der Waals surface area contributed by atoms with Crippen LogP contribution in [0.3, 0.4) is 0 Å². The monoisotopic (exact) mass is 380 g/mol. The van der Waals surface area contributed by atoms with Gasteiger partial charge in [-0.05, 0) is 13.0 Å². The lowest BCUT2D eigenvalue weighted by molar-refractivity contribution is -0.136. The molecule has 0 spiro atoms. The van der Waals surface area contributed by atoms with Crippen LogP contribution in [0.15, 0.2) is 40.9 Å². The molecule has 1 N–H and O–H groups in total. The van der Waals surface area contributed by atoms with Gasteiger partial charge in [0, 0.05) is 18.5 Å². The number of amides is 1. The molecule has 1 aliphatic heterocycles. The maximum absolute atomic E-state index is 13.2. The second-order valence-electron chi connectivity index (χ2n) is 6.80. The smallest absolute Gasteiger partial charge is 0.303 e. The highest BCUT2D eigenvalue weighted by Crippen LogP contribution is 2.27. The van der Waals surface area contributed by atoms with Crippen molar-refractivity contribution in [2.24, 2.45) is 0 Å². The molecule has 0 bridgehead atoms. The first-order chi connectivity index (χ1) is 13.5. The van der Waals surface area contributed by atoms with E-state index in [9.17, 15) is 9.59 Å². The van der Waals surface area contributed by atoms with Crippen molar-refractivity contribution in [2.75, 3.05) is 6.54 Å². The zero-order chi connectivity index (χ0) is 19.7. The summed E-state index contributed by atoms with van der Waals surface area (Å²) < 4.78 is 7.17. The molecule has 8 nitrogen and oxygen atoms in total. The van der Waals surface area contributed by atoms with Crippen LogP contribution in [0.25, 0.3) is 11.3 Å². The van der Waals surface area contributed by atoms with Crippen molar-refractivity contribution in [3.63, 3.8) is 0 Å². The Morgan fingerprint density at radius 1 is 1.21 bits per heavy atom. The van der Waals surface area contributed by atoms with E-state index in [0.717, 1.165) is 17.0 Å². The van der Waals surface area contributed by atoms with Gasteiger partial charge >= 0.3 is 5.97 Å². The molecule has 3 heterocycles. The van der Waals surface area contributed by atoms with Crippen LogP contribution in [0.5, 0.6) is 0 Å². The summed E-state index contributed by atoms with van der Waals surface area (Å²) >= 11 is 0. The third-order valence-corrected chi connectivity index (χ3v) is 4.85. The number of benzene rings is 1. The van der Waals surface area contributed by atoms with Crippen LogP contribution >= 0.6 is 0 Å². The molecule has 0 saturated heterocycles. The highest BCUT2D eigenvalue weighted by molar-refractivity contribution is 6.00. The SMILES string of the molecule is Cc1onc(-c2ccccc2)c1C(=O)N1CCn2nc(CCC(=O)O)cc2C1. The minimum Gasteiger partial charge on any atom is -0.481 e. The number of hydrogen-bond acceptors (Lipinski definition) is 5. The molecule has 4 rings (SSSR count). The summed E-state index contributed by atoms with van der Waals surface area (Å²) in [6.07, 6.45) is 0.422. The minimum atomic E-state index is -0.848. The number of aryl methyl sites for hydroxylation is 2. The molecular weight excluding hydrogens is 360 g/mol. The summed E-state index contributed by atoms with van der Waals surface area (Å²) in [5.74, 6) is -0.485. The second-order valence-corrected chi connectivity index (χ2v) is 6.80. The summed E-state index contributed by atoms with van der Waals surface area (Å²) in [5.41, 5.74) is 3.49. The molecule has 1 aromatic carbocycles. The molecule has 1 amide bonds. The molecule has 0 aliphatic carbocycles. The van der Waals surface area contributed by atoms with Crippen molar-refractivity contribution in [1.29, 1.82) is 0 Å². The van der Waals surface area contributed by atoms with Gasteiger partial charge in [-0.25, -0.2) is 0 Å². The molecule has 0 unspecified atom stereocenters. The van der Waals surface area contributed by atoms with Gasteiger partial charge < -0.3 is 14.5 Å². The number of aromatic nitrogens is 3. The molecular formula is C20H20N4O4. The van der Waals surface area contributed by atoms with E-state index < -0.39 is 5.97 Å². The van der Waals surface area contributed by atoms with Crippen molar-refractivity contribution >= 4 is 11.9 Å². The Hall–Kier alpha value is -3.42. The van der Waals surface area contributed by atoms with E-state index >= 15 is 0 Å². The van der Waals surface area contributed by atoms with Crippen LogP contribution in [0, 0.1) is 6.92 Å². The van der Waals surface area contributed by atoms with Crippen molar-refractivity contribution in [1.82, 2.24) is 19.8 Å². The molecule has 8 heteroatoms. The van der Waals surface area contributed by atoms with Crippen LogP contribution in [-0.2, 0) is 24.3 Å². The standard InChI is InChI=1S/C20H20N4O4/c1-13-18(19(22-28-13)14-5-3-2-4-6-14)20(27)23-9-10-24-16(12-23)11-15(21-24)7-8-17(25)26/h2-6,11H,7-10,12H2,1H3,(H,25,26). The predicted molar refractivity (Wildman–Crippen MR) is 99.6 cm³/mol. The zero-order valence-electron chi connectivity index (χ0n) is 15.5. The van der Waals surface area contributed by atoms with Gasteiger partial charge in [-0.3, -0.25) is 14.3 Å². The third-order valence-electron chi connectivity index (χ3n) is 4.85. The third kappa shape index (κ3) is 3.40. The van der Waals surface area contributed by atoms with Crippen molar-refractivity contribution in [3.8, 4) is 11.3 Å². The average molecular weight is 380 g/mol. The van der Waals surface area contributed by atoms with Gasteiger partial charge in [-0.15, -0.1) is 0 Å². The fraction of sp³-hybridized carbons (Fsp3) is 0.300. The van der Waals surface area contributed by atoms with Gasteiger partial charge in [0.15, 0.2) is 0 Å². The molecule has 28 heavy (non-hydrogen) atoms. The summed E-state index contributed by atoms with van der Waals surface area (Å²) in [7, 11) is 0. The number of rotatable bonds is 5. The van der Waals surface area contributed by atoms with E-state index in [1.54, 1.807) is 11.8 Å². The lowest BCUT2D eigenvalue weighted by Crippen LogP contribution is -2.38. The van der Waals surface area contributed by atoms with E-state index in [2.05, 4.69) is 10.3 Å². The topological polar surface area (TPSA) is 101 Å². The molecule has 0 radical (unpaired) electrons. The molecule has 144 valence electrons. The highest BCUT2D eigenvalue weighted by Gasteiger charge is 2.29. The first-order valence-electron chi connectivity index (χ1n) is 9.11. The van der Waals surface area contributed by atoms with E-state index in [0.29, 0.717) is 43.1 Å². The molecule has 2 aromatic heterocycles. The Labute approximate surface area is 161 Å². The van der Waals surface area contributed by atoms with Crippen LogP contribution in [0.4, 0.5) is 0 Å². The fourth-order valence-corrected chi connectivity index (χ4v) is 3.43. The van der Waals surface area contributed by atoms with Crippen molar-refractivity contribution in [2.45, 2.75) is 32.9 Å². The van der Waals surface area contributed by atoms with Crippen LogP contribution < -0.4 is 0 Å². The van der Waals surface area contributed by atoms with Gasteiger partial charge in [-0.1, -0.05) is 35.5 Å². The zero-order valence-corrected chi connectivity index (χ0v) is 15.5. The number of aliphatic carboxylic acids is 1. The van der Waals surface area contributed by atoms with Gasteiger partial charge in [0.1, 0.15) is 17.0 Å². The number of nitrogens with zero attached hydrogens (tertiary/aromatic N) is 4. The van der Waals surface area contributed by atoms with Crippen LogP contribution in [-0.4, -0.2) is 43.4 Å². The number of fused-ring (bicyclic) bond motifs is 1. The summed E-state index contributed by atoms with van der Waals surface area (Å²) in [5, 5.41) is 17.4. The first kappa shape index (κ1) is 18.0. The number of carbonyl (C=O) groups excluding carboxylic acids is 1. The van der Waals surface area contributed by atoms with Crippen molar-refractivity contribution in [3.05, 3.63) is 59.1 Å². The van der Waals surface area contributed by atoms with Gasteiger partial charge in [0.05, 0.1) is 30.9 Å². The number of carboxylic acids is 1. The van der Waals surface area contributed by atoms with E-state index in [-0.39, 0.29) is 12.3 Å². The highest BCUT2D eigenvalue weighted by atomic mass is 16.5. The van der Waals surface area contributed by atoms with E-state index in [4.69, 9.17) is 9.63 Å². The van der Waals surface area contributed by atoms with Gasteiger partial charge in [-0.2, -0.15) is 5.10 Å². The largest absolute Gasteiger partial charge is 0.481 e. The minimum absolute atomic E-state index is 0.0411. The molecule has 3 aromatic rings. The summed E-state index contributed by atoms with van der Waals surface area (Å²) in [6.45, 7) is 3.24. The lowest BCUT2D eigenvalue weighted by Gasteiger charge is -2.27. The summed E-state index contributed by atoms with van der Waals surface area (Å²) in [6, 6.07) is 11.4. The quantitative estimate of drug-likeness (QED) is 0.730. The fourth-order valence-electron chi connectivity index (χ4n) is 3.43. The maximum Gasteiger partial charge on any atom is 0.303 e. The molecule has 0 saturated carbocycles. The van der Waals surface area contributed by atoms with Crippen LogP contribution in [0.2, 0.25) is 0 Å². The Morgan fingerprint density at radius 3 is 2.75 bits per heavy atom. The number of hydrogen-bond donors (Lipinski definition) is 1. The second kappa shape index (κ2) is 7.30. The first-order valence-corrected chi connectivity index (χ1v) is 9.11. The van der Waals surface area contributed by atoms with Crippen molar-refractivity contribution < 1.29 is 19.2 Å². The number of carboxylic acid groups (broad SMARTS) is 1. The van der Waals surface area contributed by atoms with Gasteiger partial charge in [0.2, 0.25) is 0 Å². The number of carbonyl (C=O) groups is 2. The Morgan fingerprint density at radius 2 is 2.00 bits per heavy atom. The average Bonchev–Trinajstić information content (AvgIpc) is 3.29. The molecule has 0 atom stereocenters. The normalized spacial score (nSPS) is 13.4. The lowest BCUT2D eigenvalue weighted by atomic mass is 10.0. The Bertz CT molecular complexity index is 1020. The van der Waals surface area contributed by atoms with Gasteiger partial charge in [0.25, 0.3) is 5.91 Å².